The Bertz CT molecular complexity index is 970. The predicted octanol–water partition coefficient (Wildman–Crippen LogP) is 5.08. The Morgan fingerprint density at radius 2 is 1.68 bits per heavy atom. The number of thioether (sulfide) groups is 2. The average Bonchev–Trinajstić information content (AvgIpc) is 3.25. The molecule has 1 saturated heterocycles. The molecule has 0 spiro atoms. The van der Waals surface area contributed by atoms with E-state index in [4.69, 9.17) is 9.73 Å². The van der Waals surface area contributed by atoms with Gasteiger partial charge in [-0.05, 0) is 62.0 Å². The van der Waals surface area contributed by atoms with Crippen molar-refractivity contribution in [1.82, 2.24) is 4.90 Å². The molecule has 4 rings (SSSR count). The Hall–Kier alpha value is -2.38. The Morgan fingerprint density at radius 1 is 0.964 bits per heavy atom. The molecular weight excluding hydrogens is 390 g/mol. The van der Waals surface area contributed by atoms with E-state index in [1.165, 1.54) is 16.7 Å². The molecule has 5 nitrogen and oxygen atoms in total. The minimum Gasteiger partial charge on any atom is -0.497 e. The largest absolute Gasteiger partial charge is 0.497 e. The van der Waals surface area contributed by atoms with Gasteiger partial charge in [-0.2, -0.15) is 0 Å². The van der Waals surface area contributed by atoms with Crippen LogP contribution in [-0.4, -0.2) is 36.2 Å². The number of carbonyl (C=O) groups is 1. The molecular formula is C21H21N3O2S2. The van der Waals surface area contributed by atoms with Gasteiger partial charge >= 0.3 is 0 Å². The minimum atomic E-state index is 0.0218. The summed E-state index contributed by atoms with van der Waals surface area (Å²) in [5.74, 6) is 0.807. The fourth-order valence-corrected chi connectivity index (χ4v) is 5.64. The first-order valence-corrected chi connectivity index (χ1v) is 10.8. The normalized spacial score (nSPS) is 20.2. The highest BCUT2D eigenvalue weighted by molar-refractivity contribution is 8.19. The number of fused-ring (bicyclic) bond motifs is 1. The molecule has 0 unspecified atom stereocenters. The summed E-state index contributed by atoms with van der Waals surface area (Å²) in [6.07, 6.45) is 0. The number of hydrogen-bond acceptors (Lipinski definition) is 6. The smallest absolute Gasteiger partial charge is 0.269 e. The van der Waals surface area contributed by atoms with Gasteiger partial charge in [0.2, 0.25) is 0 Å². The van der Waals surface area contributed by atoms with Crippen molar-refractivity contribution in [1.29, 1.82) is 0 Å². The molecule has 0 atom stereocenters. The van der Waals surface area contributed by atoms with Crippen LogP contribution in [-0.2, 0) is 4.79 Å². The number of hydrogen-bond donors (Lipinski definition) is 0. The maximum Gasteiger partial charge on any atom is 0.269 e. The maximum atomic E-state index is 13.1. The van der Waals surface area contributed by atoms with Crippen molar-refractivity contribution in [2.24, 2.45) is 4.99 Å². The van der Waals surface area contributed by atoms with Crippen molar-refractivity contribution in [2.45, 2.75) is 18.7 Å². The van der Waals surface area contributed by atoms with E-state index in [9.17, 15) is 4.79 Å². The Labute approximate surface area is 173 Å². The molecule has 2 heterocycles. The third-order valence-corrected chi connectivity index (χ3v) is 6.97. The van der Waals surface area contributed by atoms with Crippen LogP contribution < -0.4 is 9.64 Å². The van der Waals surface area contributed by atoms with E-state index < -0.39 is 0 Å². The van der Waals surface area contributed by atoms with Crippen LogP contribution in [0.2, 0.25) is 0 Å². The minimum absolute atomic E-state index is 0.0218. The molecule has 2 aromatic rings. The lowest BCUT2D eigenvalue weighted by atomic mass is 10.3. The summed E-state index contributed by atoms with van der Waals surface area (Å²) >= 11 is 3.12. The lowest BCUT2D eigenvalue weighted by molar-refractivity contribution is -0.122. The summed E-state index contributed by atoms with van der Waals surface area (Å²) in [5.41, 5.74) is 1.96. The van der Waals surface area contributed by atoms with E-state index in [1.54, 1.807) is 23.8 Å². The number of amides is 1. The lowest BCUT2D eigenvalue weighted by Gasteiger charge is -2.19. The summed E-state index contributed by atoms with van der Waals surface area (Å²) in [5, 5.41) is 1.71. The van der Waals surface area contributed by atoms with Crippen molar-refractivity contribution in [3.8, 4) is 5.75 Å². The Morgan fingerprint density at radius 3 is 2.36 bits per heavy atom. The monoisotopic (exact) mass is 411 g/mol. The zero-order valence-electron chi connectivity index (χ0n) is 16.0. The number of aliphatic imine (C=N–C) groups is 1. The van der Waals surface area contributed by atoms with Gasteiger partial charge in [-0.1, -0.05) is 23.9 Å². The zero-order valence-corrected chi connectivity index (χ0v) is 17.6. The van der Waals surface area contributed by atoms with E-state index >= 15 is 0 Å². The molecule has 1 fully saturated rings. The molecule has 1 amide bonds. The first-order chi connectivity index (χ1) is 13.7. The van der Waals surface area contributed by atoms with Gasteiger partial charge in [0.1, 0.15) is 15.7 Å². The molecule has 144 valence electrons. The molecule has 7 heteroatoms. The second-order valence-electron chi connectivity index (χ2n) is 6.19. The predicted molar refractivity (Wildman–Crippen MR) is 117 cm³/mol. The summed E-state index contributed by atoms with van der Waals surface area (Å²) in [6, 6.07) is 15.8. The number of benzene rings is 2. The van der Waals surface area contributed by atoms with Crippen LogP contribution in [0.3, 0.4) is 0 Å². The summed E-state index contributed by atoms with van der Waals surface area (Å²) in [4.78, 5) is 23.8. The van der Waals surface area contributed by atoms with Gasteiger partial charge in [0.25, 0.3) is 5.91 Å². The molecule has 0 saturated carbocycles. The highest BCUT2D eigenvalue weighted by atomic mass is 32.2. The van der Waals surface area contributed by atoms with Crippen LogP contribution in [0.4, 0.5) is 11.4 Å². The number of methoxy groups -OCH3 is 1. The maximum absolute atomic E-state index is 13.1. The van der Waals surface area contributed by atoms with Gasteiger partial charge < -0.3 is 9.64 Å². The molecule has 2 aromatic carbocycles. The third-order valence-electron chi connectivity index (χ3n) is 4.60. The van der Waals surface area contributed by atoms with E-state index in [0.717, 1.165) is 33.6 Å². The fraction of sp³-hybridized carbons (Fsp3) is 0.238. The molecule has 0 aromatic heterocycles. The SMILES string of the molecule is CCN1C(=O)/C(=C2/Sc3ccccc3N2CC)SC1=Nc1ccc(OC)cc1. The van der Waals surface area contributed by atoms with E-state index in [2.05, 4.69) is 24.0 Å². The van der Waals surface area contributed by atoms with Crippen molar-refractivity contribution in [3.63, 3.8) is 0 Å². The second kappa shape index (κ2) is 7.93. The topological polar surface area (TPSA) is 45.1 Å². The van der Waals surface area contributed by atoms with Gasteiger partial charge in [0.15, 0.2) is 5.17 Å². The summed E-state index contributed by atoms with van der Waals surface area (Å²) in [6.45, 7) is 5.48. The summed E-state index contributed by atoms with van der Waals surface area (Å²) in [7, 11) is 1.64. The van der Waals surface area contributed by atoms with Crippen LogP contribution >= 0.6 is 23.5 Å². The van der Waals surface area contributed by atoms with E-state index in [1.807, 2.05) is 43.3 Å². The highest BCUT2D eigenvalue weighted by Crippen LogP contribution is 2.50. The van der Waals surface area contributed by atoms with Crippen molar-refractivity contribution < 1.29 is 9.53 Å². The van der Waals surface area contributed by atoms with Crippen LogP contribution in [0.25, 0.3) is 0 Å². The second-order valence-corrected chi connectivity index (χ2v) is 8.20. The van der Waals surface area contributed by atoms with E-state index in [-0.39, 0.29) is 5.91 Å². The lowest BCUT2D eigenvalue weighted by Crippen LogP contribution is -2.29. The van der Waals surface area contributed by atoms with Crippen molar-refractivity contribution in [3.05, 3.63) is 58.5 Å². The quantitative estimate of drug-likeness (QED) is 0.657. The molecule has 0 radical (unpaired) electrons. The summed E-state index contributed by atoms with van der Waals surface area (Å²) < 4.78 is 5.20. The zero-order chi connectivity index (χ0) is 19.7. The van der Waals surface area contributed by atoms with Crippen LogP contribution in [0, 0.1) is 0 Å². The molecule has 28 heavy (non-hydrogen) atoms. The average molecular weight is 412 g/mol. The van der Waals surface area contributed by atoms with Gasteiger partial charge in [0.05, 0.1) is 18.5 Å². The number of amidine groups is 1. The van der Waals surface area contributed by atoms with Crippen LogP contribution in [0.15, 0.2) is 68.4 Å². The molecule has 0 bridgehead atoms. The van der Waals surface area contributed by atoms with Crippen molar-refractivity contribution >= 4 is 46.0 Å². The van der Waals surface area contributed by atoms with Gasteiger partial charge in [0, 0.05) is 18.0 Å². The molecule has 2 aliphatic rings. The first kappa shape index (κ1) is 19.0. The van der Waals surface area contributed by atoms with Crippen molar-refractivity contribution in [2.75, 3.05) is 25.1 Å². The molecule has 2 aliphatic heterocycles. The number of ether oxygens (including phenoxy) is 1. The van der Waals surface area contributed by atoms with Gasteiger partial charge in [-0.25, -0.2) is 4.99 Å². The first-order valence-electron chi connectivity index (χ1n) is 9.17. The van der Waals surface area contributed by atoms with Gasteiger partial charge in [-0.15, -0.1) is 0 Å². The number of likely N-dealkylation sites (N-methyl/N-ethyl adjacent to an activating group) is 1. The highest BCUT2D eigenvalue weighted by Gasteiger charge is 2.38. The standard InChI is InChI=1S/C21H21N3O2S2/c1-4-23-16-8-6-7-9-17(16)27-20(23)18-19(25)24(5-2)21(28-18)22-14-10-12-15(26-3)13-11-14/h6-13H,4-5H2,1-3H3/b20-18-,22-21?. The number of para-hydroxylation sites is 1. The molecule has 0 N–H and O–H groups in total. The number of rotatable bonds is 4. The number of carbonyl (C=O) groups excluding carboxylic acids is 1. The van der Waals surface area contributed by atoms with Crippen LogP contribution in [0.1, 0.15) is 13.8 Å². The molecule has 0 aliphatic carbocycles. The number of nitrogens with zero attached hydrogens (tertiary/aromatic N) is 3. The van der Waals surface area contributed by atoms with Gasteiger partial charge in [-0.3, -0.25) is 9.69 Å². The number of anilines is 1. The Kier molecular flexibility index (Phi) is 5.37. The Balaban J connectivity index is 1.71. The third kappa shape index (κ3) is 3.29. The van der Waals surface area contributed by atoms with E-state index in [0.29, 0.717) is 11.7 Å². The van der Waals surface area contributed by atoms with Crippen LogP contribution in [0.5, 0.6) is 5.75 Å². The fourth-order valence-electron chi connectivity index (χ4n) is 3.18.